The molecule has 5 nitrogen and oxygen atoms in total. The molecule has 178 valence electrons. The first-order chi connectivity index (χ1) is 16.0. The molecule has 1 atom stereocenters. The summed E-state index contributed by atoms with van der Waals surface area (Å²) in [4.78, 5) is 30.1. The predicted molar refractivity (Wildman–Crippen MR) is 143 cm³/mol. The zero-order chi connectivity index (χ0) is 24.8. The number of benzene rings is 2. The summed E-state index contributed by atoms with van der Waals surface area (Å²) in [5.74, 6) is -0.486. The second-order valence-corrected chi connectivity index (χ2v) is 10.6. The Morgan fingerprint density at radius 1 is 1.12 bits per heavy atom. The number of thiocarbonyl (C=S) groups is 1. The number of amides is 2. The molecule has 1 unspecified atom stereocenters. The maximum Gasteiger partial charge on any atom is 0.270 e. The van der Waals surface area contributed by atoms with E-state index in [0.29, 0.717) is 11.6 Å². The van der Waals surface area contributed by atoms with Gasteiger partial charge in [0, 0.05) is 17.8 Å². The van der Waals surface area contributed by atoms with Crippen LogP contribution in [0.15, 0.2) is 42.0 Å². The van der Waals surface area contributed by atoms with Gasteiger partial charge in [0.2, 0.25) is 0 Å². The highest BCUT2D eigenvalue weighted by Crippen LogP contribution is 2.43. The third-order valence-corrected chi connectivity index (χ3v) is 7.02. The third-order valence-electron chi connectivity index (χ3n) is 6.73. The smallest absolute Gasteiger partial charge is 0.270 e. The van der Waals surface area contributed by atoms with Crippen molar-refractivity contribution in [2.75, 3.05) is 16.3 Å². The van der Waals surface area contributed by atoms with Crippen molar-refractivity contribution >= 4 is 46.6 Å². The van der Waals surface area contributed by atoms with Crippen molar-refractivity contribution in [3.63, 3.8) is 0 Å². The molecule has 2 heterocycles. The molecular weight excluding hydrogens is 442 g/mol. The van der Waals surface area contributed by atoms with Crippen LogP contribution in [0.25, 0.3) is 6.08 Å². The molecule has 0 aromatic heterocycles. The van der Waals surface area contributed by atoms with Crippen molar-refractivity contribution < 1.29 is 9.59 Å². The van der Waals surface area contributed by atoms with Crippen LogP contribution in [-0.4, -0.2) is 29.0 Å². The van der Waals surface area contributed by atoms with E-state index in [9.17, 15) is 9.59 Å². The number of nitrogens with zero attached hydrogens (tertiary/aromatic N) is 2. The lowest BCUT2D eigenvalue weighted by molar-refractivity contribution is -0.122. The minimum absolute atomic E-state index is 0.0851. The number of anilines is 2. The van der Waals surface area contributed by atoms with E-state index in [1.807, 2.05) is 38.1 Å². The van der Waals surface area contributed by atoms with Crippen LogP contribution in [0.1, 0.15) is 68.7 Å². The maximum absolute atomic E-state index is 13.5. The number of carbonyl (C=O) groups excluding carboxylic acids is 2. The zero-order valence-corrected chi connectivity index (χ0v) is 21.7. The minimum atomic E-state index is -0.463. The number of rotatable bonds is 4. The van der Waals surface area contributed by atoms with E-state index in [4.69, 9.17) is 12.2 Å². The van der Waals surface area contributed by atoms with Gasteiger partial charge in [-0.15, -0.1) is 0 Å². The van der Waals surface area contributed by atoms with Crippen LogP contribution in [-0.2, 0) is 9.59 Å². The van der Waals surface area contributed by atoms with Crippen molar-refractivity contribution in [2.24, 2.45) is 0 Å². The van der Waals surface area contributed by atoms with Crippen molar-refractivity contribution in [3.8, 4) is 0 Å². The standard InChI is InChI=1S/C28H33N3O2S/c1-7-10-30-24-9-8-20(14-22(24)19(4)16-28(30,5)6)15-23-25(32)29-27(34)31(26(23)33)21-12-17(2)11-18(3)13-21/h8-9,11-15,19H,7,10,16H2,1-6H3,(H,29,32,34)/b23-15-. The van der Waals surface area contributed by atoms with Gasteiger partial charge in [-0.25, -0.2) is 0 Å². The lowest BCUT2D eigenvalue weighted by Crippen LogP contribution is -2.54. The lowest BCUT2D eigenvalue weighted by Gasteiger charge is -2.47. The number of aryl methyl sites for hydroxylation is 2. The maximum atomic E-state index is 13.5. The molecule has 1 fully saturated rings. The molecule has 0 spiro atoms. The van der Waals surface area contributed by atoms with Crippen molar-refractivity contribution in [2.45, 2.75) is 65.8 Å². The zero-order valence-electron chi connectivity index (χ0n) is 20.9. The summed E-state index contributed by atoms with van der Waals surface area (Å²) in [5, 5.41) is 2.80. The first-order valence-corrected chi connectivity index (χ1v) is 12.3. The molecule has 4 rings (SSSR count). The molecule has 1 saturated heterocycles. The van der Waals surface area contributed by atoms with Crippen molar-refractivity contribution in [3.05, 3.63) is 64.2 Å². The number of carbonyl (C=O) groups is 2. The molecule has 2 aliphatic rings. The molecule has 2 aromatic rings. The highest BCUT2D eigenvalue weighted by Gasteiger charge is 2.37. The Morgan fingerprint density at radius 3 is 2.44 bits per heavy atom. The van der Waals surface area contributed by atoms with Gasteiger partial charge in [-0.2, -0.15) is 0 Å². The lowest BCUT2D eigenvalue weighted by atomic mass is 9.79. The Morgan fingerprint density at radius 2 is 1.79 bits per heavy atom. The van der Waals surface area contributed by atoms with Gasteiger partial charge < -0.3 is 4.90 Å². The predicted octanol–water partition coefficient (Wildman–Crippen LogP) is 5.64. The molecule has 2 aliphatic heterocycles. The van der Waals surface area contributed by atoms with Gasteiger partial charge >= 0.3 is 0 Å². The van der Waals surface area contributed by atoms with Gasteiger partial charge in [0.1, 0.15) is 5.57 Å². The van der Waals surface area contributed by atoms with Gasteiger partial charge in [-0.3, -0.25) is 19.8 Å². The summed E-state index contributed by atoms with van der Waals surface area (Å²) in [6, 6.07) is 12.1. The Bertz CT molecular complexity index is 1190. The molecule has 0 aliphatic carbocycles. The summed E-state index contributed by atoms with van der Waals surface area (Å²) in [7, 11) is 0. The van der Waals surface area contributed by atoms with Gasteiger partial charge in [-0.05, 0) is 111 Å². The van der Waals surface area contributed by atoms with Crippen LogP contribution < -0.4 is 15.1 Å². The van der Waals surface area contributed by atoms with Gasteiger partial charge in [-0.1, -0.05) is 26.0 Å². The Kier molecular flexibility index (Phi) is 6.38. The second-order valence-electron chi connectivity index (χ2n) is 10.2. The van der Waals surface area contributed by atoms with Crippen molar-refractivity contribution in [1.29, 1.82) is 0 Å². The molecule has 0 saturated carbocycles. The van der Waals surface area contributed by atoms with E-state index in [1.54, 1.807) is 6.08 Å². The van der Waals surface area contributed by atoms with Crippen LogP contribution in [0.3, 0.4) is 0 Å². The van der Waals surface area contributed by atoms with Crippen molar-refractivity contribution in [1.82, 2.24) is 5.32 Å². The monoisotopic (exact) mass is 475 g/mol. The molecule has 34 heavy (non-hydrogen) atoms. The minimum Gasteiger partial charge on any atom is -0.366 e. The first-order valence-electron chi connectivity index (χ1n) is 11.9. The molecule has 2 aromatic carbocycles. The van der Waals surface area contributed by atoms with E-state index in [0.717, 1.165) is 36.1 Å². The molecule has 2 amide bonds. The van der Waals surface area contributed by atoms with Crippen LogP contribution in [0.2, 0.25) is 0 Å². The fourth-order valence-corrected chi connectivity index (χ4v) is 5.66. The molecule has 6 heteroatoms. The SMILES string of the molecule is CCCN1c2ccc(/C=C3/C(=O)NC(=S)N(c4cc(C)cc(C)c4)C3=O)cc2C(C)CC1(C)C. The number of hydrogen-bond acceptors (Lipinski definition) is 4. The van der Waals surface area contributed by atoms with Crippen LogP contribution in [0.4, 0.5) is 11.4 Å². The van der Waals surface area contributed by atoms with Gasteiger partial charge in [0.15, 0.2) is 5.11 Å². The van der Waals surface area contributed by atoms with E-state index in [1.165, 1.54) is 16.2 Å². The highest BCUT2D eigenvalue weighted by atomic mass is 32.1. The second kappa shape index (κ2) is 8.99. The normalized spacial score (nSPS) is 21.1. The Balaban J connectivity index is 1.73. The molecule has 0 radical (unpaired) electrons. The summed E-state index contributed by atoms with van der Waals surface area (Å²) >= 11 is 5.36. The van der Waals surface area contributed by atoms with E-state index >= 15 is 0 Å². The molecule has 1 N–H and O–H groups in total. The quantitative estimate of drug-likeness (QED) is 0.353. The third kappa shape index (κ3) is 4.39. The number of hydrogen-bond donors (Lipinski definition) is 1. The number of nitrogens with one attached hydrogen (secondary N) is 1. The van der Waals surface area contributed by atoms with Gasteiger partial charge in [0.05, 0.1) is 5.69 Å². The fourth-order valence-electron chi connectivity index (χ4n) is 5.38. The van der Waals surface area contributed by atoms with E-state index in [-0.39, 0.29) is 16.2 Å². The Labute approximate surface area is 207 Å². The number of fused-ring (bicyclic) bond motifs is 1. The van der Waals surface area contributed by atoms with E-state index < -0.39 is 11.8 Å². The summed E-state index contributed by atoms with van der Waals surface area (Å²) in [6.07, 6.45) is 3.81. The topological polar surface area (TPSA) is 52.7 Å². The fraction of sp³-hybridized carbons (Fsp3) is 0.393. The van der Waals surface area contributed by atoms with Crippen LogP contribution >= 0.6 is 12.2 Å². The Hall–Kier alpha value is -2.99. The van der Waals surface area contributed by atoms with Gasteiger partial charge in [0.25, 0.3) is 11.8 Å². The van der Waals surface area contributed by atoms with Crippen LogP contribution in [0, 0.1) is 13.8 Å². The summed E-state index contributed by atoms with van der Waals surface area (Å²) < 4.78 is 0. The molecule has 0 bridgehead atoms. The van der Waals surface area contributed by atoms with Crippen LogP contribution in [0.5, 0.6) is 0 Å². The van der Waals surface area contributed by atoms with E-state index in [2.05, 4.69) is 50.0 Å². The largest absolute Gasteiger partial charge is 0.366 e. The highest BCUT2D eigenvalue weighted by molar-refractivity contribution is 7.80. The molecular formula is C28H33N3O2S. The summed E-state index contributed by atoms with van der Waals surface area (Å²) in [5.41, 5.74) is 6.22. The average molecular weight is 476 g/mol. The summed E-state index contributed by atoms with van der Waals surface area (Å²) in [6.45, 7) is 14.0. The average Bonchev–Trinajstić information content (AvgIpc) is 2.73. The first kappa shape index (κ1) is 24.1.